The van der Waals surface area contributed by atoms with Crippen LogP contribution in [-0.2, 0) is 32.7 Å². The lowest BCUT2D eigenvalue weighted by Crippen LogP contribution is -2.29. The van der Waals surface area contributed by atoms with Gasteiger partial charge in [0.05, 0.1) is 19.8 Å². The molecule has 0 aromatic carbocycles. The predicted molar refractivity (Wildman–Crippen MR) is 228 cm³/mol. The van der Waals surface area contributed by atoms with Gasteiger partial charge in [-0.05, 0) is 77.0 Å². The molecule has 0 aliphatic carbocycles. The highest BCUT2D eigenvalue weighted by atomic mass is 31.2. The van der Waals surface area contributed by atoms with Gasteiger partial charge in [-0.1, -0.05) is 143 Å². The maximum Gasteiger partial charge on any atom is 0.472 e. The molecule has 0 bridgehead atoms. The van der Waals surface area contributed by atoms with Crippen LogP contribution < -0.4 is 0 Å². The normalized spacial score (nSPS) is 14.9. The van der Waals surface area contributed by atoms with Crippen LogP contribution >= 0.6 is 7.82 Å². The van der Waals surface area contributed by atoms with E-state index in [-0.39, 0.29) is 19.4 Å². The second kappa shape index (κ2) is 40.1. The van der Waals surface area contributed by atoms with Crippen LogP contribution in [0, 0.1) is 0 Å². The Balaban J connectivity index is 4.50. The van der Waals surface area contributed by atoms with Crippen LogP contribution in [0.4, 0.5) is 0 Å². The number of rotatable bonds is 37. The van der Waals surface area contributed by atoms with Crippen LogP contribution in [0.15, 0.2) is 97.2 Å². The molecule has 11 heteroatoms. The summed E-state index contributed by atoms with van der Waals surface area (Å²) in [6.45, 7) is 2.09. The minimum absolute atomic E-state index is 0.0501. The maximum absolute atomic E-state index is 12.6. The third kappa shape index (κ3) is 39.1. The first kappa shape index (κ1) is 52.9. The molecule has 0 aliphatic heterocycles. The number of hydrogen-bond acceptors (Lipinski definition) is 9. The van der Waals surface area contributed by atoms with E-state index in [0.29, 0.717) is 12.8 Å². The minimum atomic E-state index is -4.65. The number of unbranched alkanes of at least 4 members (excludes halogenated alkanes) is 7. The van der Waals surface area contributed by atoms with Crippen molar-refractivity contribution >= 4 is 19.8 Å². The van der Waals surface area contributed by atoms with Gasteiger partial charge in [0, 0.05) is 12.8 Å². The molecule has 0 saturated heterocycles. The summed E-state index contributed by atoms with van der Waals surface area (Å²) in [6.07, 6.45) is 48.2. The molecule has 0 spiro atoms. The van der Waals surface area contributed by atoms with Gasteiger partial charge in [0.15, 0.2) is 6.10 Å². The maximum atomic E-state index is 12.6. The van der Waals surface area contributed by atoms with Crippen LogP contribution in [-0.4, -0.2) is 65.7 Å². The SMILES string of the molecule is CC/C=C\C/C=C\C/C=C\C/C=C\C/C=C\C/C=C\CCC(=O)OC(COC(=O)CCCCCCC/C=C\C/C=C\CCCC)COP(=O)(O)OCC(O)CO. The number of esters is 2. The molecule has 0 fully saturated rings. The molecule has 0 saturated carbocycles. The monoisotopic (exact) mass is 804 g/mol. The topological polar surface area (TPSA) is 149 Å². The Kier molecular flexibility index (Phi) is 37.9. The molecule has 0 radical (unpaired) electrons. The highest BCUT2D eigenvalue weighted by molar-refractivity contribution is 7.47. The second-order valence-corrected chi connectivity index (χ2v) is 14.7. The Bertz CT molecular complexity index is 1250. The van der Waals surface area contributed by atoms with Crippen molar-refractivity contribution < 1.29 is 47.8 Å². The summed E-state index contributed by atoms with van der Waals surface area (Å²) in [7, 11) is -4.65. The van der Waals surface area contributed by atoms with Gasteiger partial charge in [0.2, 0.25) is 0 Å². The first-order valence-corrected chi connectivity index (χ1v) is 22.2. The van der Waals surface area contributed by atoms with Crippen molar-refractivity contribution in [2.24, 2.45) is 0 Å². The van der Waals surface area contributed by atoms with Crippen molar-refractivity contribution in [3.05, 3.63) is 97.2 Å². The van der Waals surface area contributed by atoms with Gasteiger partial charge < -0.3 is 24.6 Å². The summed E-state index contributed by atoms with van der Waals surface area (Å²) >= 11 is 0. The fraction of sp³-hybridized carbons (Fsp3) is 0.600. The van der Waals surface area contributed by atoms with E-state index in [4.69, 9.17) is 19.1 Å². The Morgan fingerprint density at radius 3 is 1.55 bits per heavy atom. The van der Waals surface area contributed by atoms with Gasteiger partial charge in [0.25, 0.3) is 0 Å². The lowest BCUT2D eigenvalue weighted by molar-refractivity contribution is -0.161. The number of allylic oxidation sites excluding steroid dienone is 16. The van der Waals surface area contributed by atoms with E-state index in [0.717, 1.165) is 83.5 Å². The molecule has 0 amide bonds. The standard InChI is InChI=1S/C45H73O10P/c1-3-5-7-9-11-13-15-17-19-20-21-22-23-25-27-29-31-33-35-37-45(49)55-43(41-54-56(50,51)53-39-42(47)38-46)40-52-44(48)36-34-32-30-28-26-24-18-16-14-12-10-8-6-4-2/h5,7,10-13,16-19,21-22,25,27,31,33,42-43,46-47H,3-4,6,8-9,14-15,20,23-24,26,28-30,32,34-41H2,1-2H3,(H,50,51)/b7-5-,12-10-,13-11-,18-16-,19-17-,22-21-,27-25-,33-31-. The fourth-order valence-corrected chi connectivity index (χ4v) is 5.59. The van der Waals surface area contributed by atoms with Crippen molar-refractivity contribution in [1.29, 1.82) is 0 Å². The van der Waals surface area contributed by atoms with Crippen LogP contribution in [0.2, 0.25) is 0 Å². The molecule has 0 aliphatic rings. The zero-order valence-electron chi connectivity index (χ0n) is 34.3. The molecule has 0 aromatic rings. The van der Waals surface area contributed by atoms with Crippen LogP contribution in [0.3, 0.4) is 0 Å². The van der Waals surface area contributed by atoms with E-state index < -0.39 is 51.8 Å². The van der Waals surface area contributed by atoms with Gasteiger partial charge in [-0.2, -0.15) is 0 Å². The summed E-state index contributed by atoms with van der Waals surface area (Å²) in [6, 6.07) is 0. The Morgan fingerprint density at radius 2 is 1.02 bits per heavy atom. The number of aliphatic hydroxyl groups is 2. The molecule has 3 atom stereocenters. The Morgan fingerprint density at radius 1 is 0.554 bits per heavy atom. The summed E-state index contributed by atoms with van der Waals surface area (Å²) in [4.78, 5) is 34.9. The molecular weight excluding hydrogens is 731 g/mol. The number of aliphatic hydroxyl groups excluding tert-OH is 2. The number of carbonyl (C=O) groups excluding carboxylic acids is 2. The van der Waals surface area contributed by atoms with E-state index in [1.165, 1.54) is 12.8 Å². The highest BCUT2D eigenvalue weighted by Crippen LogP contribution is 2.43. The first-order valence-electron chi connectivity index (χ1n) is 20.7. The van der Waals surface area contributed by atoms with Gasteiger partial charge >= 0.3 is 19.8 Å². The lowest BCUT2D eigenvalue weighted by Gasteiger charge is -2.20. The third-order valence-electron chi connectivity index (χ3n) is 7.99. The number of phosphoric ester groups is 1. The van der Waals surface area contributed by atoms with E-state index in [1.54, 1.807) is 0 Å². The van der Waals surface area contributed by atoms with Crippen LogP contribution in [0.25, 0.3) is 0 Å². The number of ether oxygens (including phenoxy) is 2. The molecule has 3 N–H and O–H groups in total. The second-order valence-electron chi connectivity index (χ2n) is 13.3. The molecule has 0 aromatic heterocycles. The lowest BCUT2D eigenvalue weighted by atomic mass is 10.1. The van der Waals surface area contributed by atoms with Crippen molar-refractivity contribution in [2.75, 3.05) is 26.4 Å². The quantitative estimate of drug-likeness (QED) is 0.0240. The average Bonchev–Trinajstić information content (AvgIpc) is 3.19. The first-order chi connectivity index (χ1) is 27.2. The smallest absolute Gasteiger partial charge is 0.462 e. The molecule has 0 heterocycles. The Labute approximate surface area is 338 Å². The largest absolute Gasteiger partial charge is 0.472 e. The number of phosphoric acid groups is 1. The third-order valence-corrected chi connectivity index (χ3v) is 8.94. The zero-order valence-corrected chi connectivity index (χ0v) is 35.2. The molecule has 10 nitrogen and oxygen atoms in total. The summed E-state index contributed by atoms with van der Waals surface area (Å²) in [5.41, 5.74) is 0. The highest BCUT2D eigenvalue weighted by Gasteiger charge is 2.27. The van der Waals surface area contributed by atoms with Crippen molar-refractivity contribution in [3.8, 4) is 0 Å². The van der Waals surface area contributed by atoms with E-state index in [9.17, 15) is 24.2 Å². The van der Waals surface area contributed by atoms with E-state index in [1.807, 2.05) is 12.2 Å². The van der Waals surface area contributed by atoms with Gasteiger partial charge in [-0.3, -0.25) is 18.6 Å². The summed E-state index contributed by atoms with van der Waals surface area (Å²) < 4.78 is 32.6. The number of carbonyl (C=O) groups is 2. The van der Waals surface area contributed by atoms with Crippen molar-refractivity contribution in [3.63, 3.8) is 0 Å². The minimum Gasteiger partial charge on any atom is -0.462 e. The molecular formula is C45H73O10P. The fourth-order valence-electron chi connectivity index (χ4n) is 4.80. The molecule has 318 valence electrons. The van der Waals surface area contributed by atoms with Crippen molar-refractivity contribution in [1.82, 2.24) is 0 Å². The average molecular weight is 805 g/mol. The van der Waals surface area contributed by atoms with Gasteiger partial charge in [-0.15, -0.1) is 0 Å². The molecule has 0 rings (SSSR count). The van der Waals surface area contributed by atoms with E-state index >= 15 is 0 Å². The zero-order chi connectivity index (χ0) is 41.2. The van der Waals surface area contributed by atoms with Crippen LogP contribution in [0.5, 0.6) is 0 Å². The summed E-state index contributed by atoms with van der Waals surface area (Å²) in [5, 5.41) is 18.3. The molecule has 3 unspecified atom stereocenters. The summed E-state index contributed by atoms with van der Waals surface area (Å²) in [5.74, 6) is -1.05. The van der Waals surface area contributed by atoms with E-state index in [2.05, 4.69) is 103 Å². The number of hydrogen-bond donors (Lipinski definition) is 3. The van der Waals surface area contributed by atoms with Crippen molar-refractivity contribution in [2.45, 2.75) is 148 Å². The van der Waals surface area contributed by atoms with Gasteiger partial charge in [0.1, 0.15) is 12.7 Å². The molecule has 56 heavy (non-hydrogen) atoms. The van der Waals surface area contributed by atoms with Crippen LogP contribution in [0.1, 0.15) is 136 Å². The van der Waals surface area contributed by atoms with Gasteiger partial charge in [-0.25, -0.2) is 4.57 Å². The Hall–Kier alpha value is -3.11. The predicted octanol–water partition coefficient (Wildman–Crippen LogP) is 10.8.